The predicted octanol–water partition coefficient (Wildman–Crippen LogP) is 2.91. The highest BCUT2D eigenvalue weighted by molar-refractivity contribution is 7.89. The number of aromatic nitrogens is 1. The summed E-state index contributed by atoms with van der Waals surface area (Å²) < 4.78 is 42.7. The van der Waals surface area contributed by atoms with E-state index in [0.717, 1.165) is 29.7 Å². The Morgan fingerprint density at radius 2 is 1.82 bits per heavy atom. The number of benzene rings is 2. The lowest BCUT2D eigenvalue weighted by atomic mass is 10.1. The van der Waals surface area contributed by atoms with Crippen LogP contribution in [0.4, 0.5) is 9.52 Å². The monoisotopic (exact) mass is 488 g/mol. The zero-order chi connectivity index (χ0) is 23.3. The molecule has 33 heavy (non-hydrogen) atoms. The van der Waals surface area contributed by atoms with Crippen LogP contribution in [-0.4, -0.2) is 56.4 Å². The lowest BCUT2D eigenvalue weighted by molar-refractivity contribution is -0.132. The number of carbonyl (C=O) groups excluding carboxylic acids is 1. The van der Waals surface area contributed by atoms with Crippen molar-refractivity contribution in [2.45, 2.75) is 23.8 Å². The molecule has 2 heterocycles. The van der Waals surface area contributed by atoms with Crippen molar-refractivity contribution >= 4 is 32.4 Å². The van der Waals surface area contributed by atoms with Gasteiger partial charge in [0, 0.05) is 37.8 Å². The molecule has 10 heteroatoms. The molecule has 1 fully saturated rings. The number of hydrogen-bond donors (Lipinski definition) is 1. The van der Waals surface area contributed by atoms with E-state index < -0.39 is 26.8 Å². The van der Waals surface area contributed by atoms with Gasteiger partial charge < -0.3 is 9.80 Å². The molecule has 0 aliphatic carbocycles. The Morgan fingerprint density at radius 3 is 2.55 bits per heavy atom. The van der Waals surface area contributed by atoms with E-state index in [1.807, 2.05) is 35.7 Å². The molecular formula is C23H25FN4O3S2. The molecule has 4 rings (SSSR count). The molecule has 1 aliphatic heterocycles. The molecule has 1 N–H and O–H groups in total. The van der Waals surface area contributed by atoms with Crippen LogP contribution in [0.3, 0.4) is 0 Å². The summed E-state index contributed by atoms with van der Waals surface area (Å²) >= 11 is 1.55. The highest BCUT2D eigenvalue weighted by atomic mass is 32.2. The lowest BCUT2D eigenvalue weighted by Gasteiger charge is -2.27. The number of halogens is 1. The molecule has 1 aliphatic rings. The normalized spacial score (nSPS) is 15.8. The first-order chi connectivity index (χ1) is 15.9. The van der Waals surface area contributed by atoms with E-state index in [0.29, 0.717) is 19.6 Å². The molecule has 0 saturated carbocycles. The Balaban J connectivity index is 1.55. The average molecular weight is 489 g/mol. The van der Waals surface area contributed by atoms with Crippen LogP contribution in [0.1, 0.15) is 12.0 Å². The van der Waals surface area contributed by atoms with E-state index in [-0.39, 0.29) is 12.3 Å². The highest BCUT2D eigenvalue weighted by Crippen LogP contribution is 2.20. The topological polar surface area (TPSA) is 82.6 Å². The van der Waals surface area contributed by atoms with Crippen molar-refractivity contribution in [3.63, 3.8) is 0 Å². The molecule has 2 aromatic carbocycles. The van der Waals surface area contributed by atoms with Gasteiger partial charge in [-0.05, 0) is 30.5 Å². The molecule has 0 bridgehead atoms. The van der Waals surface area contributed by atoms with E-state index in [4.69, 9.17) is 0 Å². The van der Waals surface area contributed by atoms with Gasteiger partial charge in [-0.1, -0.05) is 42.5 Å². The van der Waals surface area contributed by atoms with Crippen molar-refractivity contribution in [1.82, 2.24) is 14.6 Å². The summed E-state index contributed by atoms with van der Waals surface area (Å²) in [4.78, 5) is 21.2. The van der Waals surface area contributed by atoms with Gasteiger partial charge in [0.15, 0.2) is 5.13 Å². The van der Waals surface area contributed by atoms with Gasteiger partial charge >= 0.3 is 0 Å². The van der Waals surface area contributed by atoms with Crippen LogP contribution in [0.2, 0.25) is 0 Å². The molecule has 1 saturated heterocycles. The maximum atomic E-state index is 14.2. The second-order valence-corrected chi connectivity index (χ2v) is 10.3. The fourth-order valence-electron chi connectivity index (χ4n) is 3.86. The summed E-state index contributed by atoms with van der Waals surface area (Å²) in [6.07, 6.45) is 2.66. The predicted molar refractivity (Wildman–Crippen MR) is 126 cm³/mol. The minimum absolute atomic E-state index is 0.167. The van der Waals surface area contributed by atoms with Crippen LogP contribution in [0.5, 0.6) is 0 Å². The summed E-state index contributed by atoms with van der Waals surface area (Å²) in [5, 5.41) is 2.82. The van der Waals surface area contributed by atoms with Crippen LogP contribution in [-0.2, 0) is 21.2 Å². The number of nitrogens with zero attached hydrogens (tertiary/aromatic N) is 3. The van der Waals surface area contributed by atoms with Crippen LogP contribution >= 0.6 is 11.3 Å². The van der Waals surface area contributed by atoms with Gasteiger partial charge in [0.05, 0.1) is 0 Å². The van der Waals surface area contributed by atoms with E-state index in [1.54, 1.807) is 22.4 Å². The Hall–Kier alpha value is -2.82. The number of rotatable bonds is 7. The molecule has 0 spiro atoms. The third-order valence-corrected chi connectivity index (χ3v) is 7.84. The first-order valence-corrected chi connectivity index (χ1v) is 13.0. The third-order valence-electron chi connectivity index (χ3n) is 5.50. The van der Waals surface area contributed by atoms with E-state index in [9.17, 15) is 17.6 Å². The van der Waals surface area contributed by atoms with Crippen LogP contribution in [0.25, 0.3) is 0 Å². The standard InChI is InChI=1S/C23H25FN4O3S2/c24-19-9-4-5-10-21(19)33(30,31)26-20(17-18-7-2-1-3-8-18)22(29)27-12-6-13-28(15-14-27)23-25-11-16-32-23/h1-5,7-11,16,20,26H,6,12-15,17H2. The van der Waals surface area contributed by atoms with Crippen LogP contribution < -0.4 is 9.62 Å². The summed E-state index contributed by atoms with van der Waals surface area (Å²) in [7, 11) is -4.24. The molecule has 174 valence electrons. The Kier molecular flexibility index (Phi) is 7.36. The fraction of sp³-hybridized carbons (Fsp3) is 0.304. The summed E-state index contributed by atoms with van der Waals surface area (Å²) in [5.74, 6) is -1.18. The van der Waals surface area contributed by atoms with Gasteiger partial charge in [-0.3, -0.25) is 4.79 Å². The molecular weight excluding hydrogens is 463 g/mol. The van der Waals surface area contributed by atoms with Crippen molar-refractivity contribution in [2.24, 2.45) is 0 Å². The molecule has 0 radical (unpaired) electrons. The first kappa shape index (κ1) is 23.3. The highest BCUT2D eigenvalue weighted by Gasteiger charge is 2.31. The van der Waals surface area contributed by atoms with Crippen molar-refractivity contribution in [1.29, 1.82) is 0 Å². The average Bonchev–Trinajstić information content (AvgIpc) is 3.23. The summed E-state index contributed by atoms with van der Waals surface area (Å²) in [6.45, 7) is 2.33. The lowest BCUT2D eigenvalue weighted by Crippen LogP contribution is -2.50. The number of carbonyl (C=O) groups is 1. The largest absolute Gasteiger partial charge is 0.346 e. The Morgan fingerprint density at radius 1 is 1.06 bits per heavy atom. The molecule has 3 aromatic rings. The van der Waals surface area contributed by atoms with Crippen molar-refractivity contribution in [3.8, 4) is 0 Å². The van der Waals surface area contributed by atoms with Gasteiger partial charge in [-0.25, -0.2) is 17.8 Å². The number of sulfonamides is 1. The second kappa shape index (κ2) is 10.4. The van der Waals surface area contributed by atoms with E-state index in [2.05, 4.69) is 14.6 Å². The number of anilines is 1. The van der Waals surface area contributed by atoms with Gasteiger partial charge in [0.2, 0.25) is 15.9 Å². The maximum absolute atomic E-state index is 14.2. The number of thiazole rings is 1. The Labute approximate surface area is 196 Å². The van der Waals surface area contributed by atoms with Gasteiger partial charge in [0.25, 0.3) is 0 Å². The first-order valence-electron chi connectivity index (χ1n) is 10.7. The summed E-state index contributed by atoms with van der Waals surface area (Å²) in [6, 6.07) is 13.3. The van der Waals surface area contributed by atoms with Crippen molar-refractivity contribution in [3.05, 3.63) is 77.6 Å². The smallest absolute Gasteiger partial charge is 0.244 e. The van der Waals surface area contributed by atoms with Crippen LogP contribution in [0, 0.1) is 5.82 Å². The minimum Gasteiger partial charge on any atom is -0.346 e. The van der Waals surface area contributed by atoms with Gasteiger partial charge in [-0.15, -0.1) is 11.3 Å². The number of hydrogen-bond acceptors (Lipinski definition) is 6. The molecule has 1 atom stereocenters. The van der Waals surface area contributed by atoms with Crippen molar-refractivity contribution < 1.29 is 17.6 Å². The fourth-order valence-corrected chi connectivity index (χ4v) is 5.83. The molecule has 1 amide bonds. The third kappa shape index (κ3) is 5.76. The van der Waals surface area contributed by atoms with Crippen molar-refractivity contribution in [2.75, 3.05) is 31.1 Å². The maximum Gasteiger partial charge on any atom is 0.244 e. The van der Waals surface area contributed by atoms with Gasteiger partial charge in [-0.2, -0.15) is 4.72 Å². The molecule has 1 unspecified atom stereocenters. The minimum atomic E-state index is -4.24. The van der Waals surface area contributed by atoms with E-state index >= 15 is 0 Å². The molecule has 1 aromatic heterocycles. The second-order valence-electron chi connectivity index (χ2n) is 7.77. The summed E-state index contributed by atoms with van der Waals surface area (Å²) in [5.41, 5.74) is 0.811. The quantitative estimate of drug-likeness (QED) is 0.553. The Bertz CT molecular complexity index is 1170. The van der Waals surface area contributed by atoms with E-state index in [1.165, 1.54) is 18.2 Å². The zero-order valence-corrected chi connectivity index (χ0v) is 19.6. The SMILES string of the molecule is O=C(C(Cc1ccccc1)NS(=O)(=O)c1ccccc1F)N1CCCN(c2nccs2)CC1. The molecule has 7 nitrogen and oxygen atoms in total. The number of nitrogens with one attached hydrogen (secondary N) is 1. The number of amides is 1. The van der Waals surface area contributed by atoms with Crippen LogP contribution in [0.15, 0.2) is 71.1 Å². The van der Waals surface area contributed by atoms with Gasteiger partial charge in [0.1, 0.15) is 16.8 Å². The zero-order valence-electron chi connectivity index (χ0n) is 17.9.